The highest BCUT2D eigenvalue weighted by Gasteiger charge is 2.36. The number of hydrogen-bond acceptors (Lipinski definition) is 5. The highest BCUT2D eigenvalue weighted by molar-refractivity contribution is 8.19. The molecule has 2 amide bonds. The van der Waals surface area contributed by atoms with Crippen LogP contribution in [-0.4, -0.2) is 23.4 Å². The van der Waals surface area contributed by atoms with E-state index in [2.05, 4.69) is 0 Å². The van der Waals surface area contributed by atoms with Crippen LogP contribution < -0.4 is 9.64 Å². The molecule has 1 aliphatic heterocycles. The highest BCUT2D eigenvalue weighted by Crippen LogP contribution is 2.36. The number of carbonyl (C=O) groups is 2. The number of carbonyl (C=O) groups excluding carboxylic acids is 2. The van der Waals surface area contributed by atoms with Crippen LogP contribution in [-0.2, 0) is 4.79 Å². The van der Waals surface area contributed by atoms with Gasteiger partial charge in [-0.2, -0.15) is 0 Å². The second-order valence-corrected chi connectivity index (χ2v) is 5.80. The number of aromatic hydroxyl groups is 1. The third kappa shape index (κ3) is 3.07. The number of phenolic OH excluding ortho intramolecular Hbond substituents is 1. The van der Waals surface area contributed by atoms with Crippen molar-refractivity contribution in [1.82, 2.24) is 0 Å². The van der Waals surface area contributed by atoms with Crippen LogP contribution >= 0.6 is 11.8 Å². The molecule has 0 aromatic heterocycles. The Morgan fingerprint density at radius 1 is 1.13 bits per heavy atom. The second kappa shape index (κ2) is 6.18. The summed E-state index contributed by atoms with van der Waals surface area (Å²) in [5, 5.41) is 8.93. The molecule has 116 valence electrons. The average molecular weight is 327 g/mol. The smallest absolute Gasteiger partial charge is 0.298 e. The molecule has 23 heavy (non-hydrogen) atoms. The third-order valence-electron chi connectivity index (χ3n) is 3.30. The van der Waals surface area contributed by atoms with Gasteiger partial charge in [0, 0.05) is 6.07 Å². The van der Waals surface area contributed by atoms with Gasteiger partial charge in [-0.05, 0) is 47.7 Å². The zero-order valence-corrected chi connectivity index (χ0v) is 13.0. The van der Waals surface area contributed by atoms with Crippen molar-refractivity contribution < 1.29 is 19.4 Å². The molecule has 3 rings (SSSR count). The fourth-order valence-corrected chi connectivity index (χ4v) is 3.00. The normalized spacial score (nSPS) is 16.2. The van der Waals surface area contributed by atoms with E-state index in [9.17, 15) is 14.7 Å². The van der Waals surface area contributed by atoms with E-state index in [-0.39, 0.29) is 16.9 Å². The SMILES string of the molecule is COc1cccc(N2C(=O)S/C(=C\c3ccc(O)cc3)C2=O)c1. The van der Waals surface area contributed by atoms with E-state index < -0.39 is 0 Å². The first-order valence-corrected chi connectivity index (χ1v) is 7.61. The van der Waals surface area contributed by atoms with Crippen LogP contribution in [0, 0.1) is 0 Å². The second-order valence-electron chi connectivity index (χ2n) is 4.81. The topological polar surface area (TPSA) is 66.8 Å². The Labute approximate surface area is 137 Å². The van der Waals surface area contributed by atoms with E-state index >= 15 is 0 Å². The lowest BCUT2D eigenvalue weighted by Gasteiger charge is -2.13. The molecule has 1 heterocycles. The number of rotatable bonds is 3. The molecule has 2 aromatic rings. The largest absolute Gasteiger partial charge is 0.508 e. The van der Waals surface area contributed by atoms with Crippen LogP contribution in [0.4, 0.5) is 10.5 Å². The first-order chi connectivity index (χ1) is 11.1. The Morgan fingerprint density at radius 3 is 2.57 bits per heavy atom. The number of methoxy groups -OCH3 is 1. The van der Waals surface area contributed by atoms with Crippen LogP contribution in [0.5, 0.6) is 11.5 Å². The number of hydrogen-bond donors (Lipinski definition) is 1. The summed E-state index contributed by atoms with van der Waals surface area (Å²) in [6, 6.07) is 13.2. The number of amides is 2. The summed E-state index contributed by atoms with van der Waals surface area (Å²) in [7, 11) is 1.53. The van der Waals surface area contributed by atoms with E-state index in [1.807, 2.05) is 0 Å². The minimum atomic E-state index is -0.374. The number of imide groups is 1. The zero-order chi connectivity index (χ0) is 16.4. The van der Waals surface area contributed by atoms with Crippen molar-refractivity contribution in [2.75, 3.05) is 12.0 Å². The van der Waals surface area contributed by atoms with Crippen molar-refractivity contribution in [2.24, 2.45) is 0 Å². The van der Waals surface area contributed by atoms with E-state index in [4.69, 9.17) is 4.74 Å². The summed E-state index contributed by atoms with van der Waals surface area (Å²) in [5.74, 6) is 0.344. The van der Waals surface area contributed by atoms with Gasteiger partial charge in [0.1, 0.15) is 11.5 Å². The van der Waals surface area contributed by atoms with Gasteiger partial charge in [-0.15, -0.1) is 0 Å². The van der Waals surface area contributed by atoms with Gasteiger partial charge < -0.3 is 9.84 Å². The van der Waals surface area contributed by atoms with Crippen molar-refractivity contribution in [3.63, 3.8) is 0 Å². The van der Waals surface area contributed by atoms with Gasteiger partial charge in [0.2, 0.25) is 0 Å². The minimum absolute atomic E-state index is 0.145. The lowest BCUT2D eigenvalue weighted by Crippen LogP contribution is -2.27. The standard InChI is InChI=1S/C17H13NO4S/c1-22-14-4-2-3-12(10-14)18-16(20)15(23-17(18)21)9-11-5-7-13(19)8-6-11/h2-10,19H,1H3/b15-9-. The van der Waals surface area contributed by atoms with E-state index in [1.165, 1.54) is 19.2 Å². The quantitative estimate of drug-likeness (QED) is 0.872. The average Bonchev–Trinajstić information content (AvgIpc) is 2.83. The summed E-state index contributed by atoms with van der Waals surface area (Å²) in [6.45, 7) is 0. The van der Waals surface area contributed by atoms with Crippen LogP contribution in [0.25, 0.3) is 6.08 Å². The first kappa shape index (κ1) is 15.2. The molecule has 1 fully saturated rings. The number of ether oxygens (including phenoxy) is 1. The monoisotopic (exact) mass is 327 g/mol. The zero-order valence-electron chi connectivity index (χ0n) is 12.2. The fraction of sp³-hybridized carbons (Fsp3) is 0.0588. The van der Waals surface area contributed by atoms with Crippen molar-refractivity contribution in [1.29, 1.82) is 0 Å². The Morgan fingerprint density at radius 2 is 1.87 bits per heavy atom. The summed E-state index contributed by atoms with van der Waals surface area (Å²) >= 11 is 0.884. The van der Waals surface area contributed by atoms with Crippen LogP contribution in [0.2, 0.25) is 0 Å². The molecule has 0 bridgehead atoms. The van der Waals surface area contributed by atoms with Gasteiger partial charge in [-0.25, -0.2) is 4.90 Å². The number of thioether (sulfide) groups is 1. The predicted octanol–water partition coefficient (Wildman–Crippen LogP) is 3.64. The summed E-state index contributed by atoms with van der Waals surface area (Å²) in [4.78, 5) is 26.2. The number of nitrogens with zero attached hydrogens (tertiary/aromatic N) is 1. The number of benzene rings is 2. The van der Waals surface area contributed by atoms with Crippen LogP contribution in [0.15, 0.2) is 53.4 Å². The van der Waals surface area contributed by atoms with Crippen LogP contribution in [0.1, 0.15) is 5.56 Å². The molecule has 1 N–H and O–H groups in total. The van der Waals surface area contributed by atoms with Gasteiger partial charge in [0.15, 0.2) is 0 Å². The van der Waals surface area contributed by atoms with Crippen molar-refractivity contribution in [3.05, 3.63) is 59.0 Å². The molecule has 1 aliphatic rings. The van der Waals surface area contributed by atoms with E-state index in [0.29, 0.717) is 16.3 Å². The van der Waals surface area contributed by atoms with Gasteiger partial charge in [-0.1, -0.05) is 18.2 Å². The molecule has 0 spiro atoms. The van der Waals surface area contributed by atoms with Gasteiger partial charge in [0.25, 0.3) is 11.1 Å². The Bertz CT molecular complexity index is 798. The maximum atomic E-state index is 12.5. The molecule has 0 unspecified atom stereocenters. The van der Waals surface area contributed by atoms with E-state index in [1.54, 1.807) is 42.5 Å². The summed E-state index contributed by atoms with van der Waals surface area (Å²) in [5.41, 5.74) is 1.21. The lowest BCUT2D eigenvalue weighted by atomic mass is 10.2. The Balaban J connectivity index is 1.91. The first-order valence-electron chi connectivity index (χ1n) is 6.79. The Hall–Kier alpha value is -2.73. The Kier molecular flexibility index (Phi) is 4.08. The van der Waals surface area contributed by atoms with Crippen LogP contribution in [0.3, 0.4) is 0 Å². The van der Waals surface area contributed by atoms with Gasteiger partial charge in [0.05, 0.1) is 17.7 Å². The maximum absolute atomic E-state index is 12.5. The maximum Gasteiger partial charge on any atom is 0.298 e. The summed E-state index contributed by atoms with van der Waals surface area (Å²) < 4.78 is 5.12. The molecule has 2 aromatic carbocycles. The molecule has 1 saturated heterocycles. The van der Waals surface area contributed by atoms with Crippen molar-refractivity contribution in [2.45, 2.75) is 0 Å². The molecule has 6 heteroatoms. The minimum Gasteiger partial charge on any atom is -0.508 e. The number of phenols is 1. The molecule has 0 radical (unpaired) electrons. The molecular formula is C17H13NO4S. The van der Waals surface area contributed by atoms with Gasteiger partial charge >= 0.3 is 0 Å². The summed E-state index contributed by atoms with van der Waals surface area (Å²) in [6.07, 6.45) is 1.63. The predicted molar refractivity (Wildman–Crippen MR) is 89.6 cm³/mol. The number of anilines is 1. The molecule has 0 aliphatic carbocycles. The lowest BCUT2D eigenvalue weighted by molar-refractivity contribution is -0.113. The molecule has 5 nitrogen and oxygen atoms in total. The fourth-order valence-electron chi connectivity index (χ4n) is 2.16. The molecule has 0 atom stereocenters. The van der Waals surface area contributed by atoms with Crippen molar-refractivity contribution in [3.8, 4) is 11.5 Å². The van der Waals surface area contributed by atoms with E-state index in [0.717, 1.165) is 22.2 Å². The molecule has 0 saturated carbocycles. The van der Waals surface area contributed by atoms with Crippen molar-refractivity contribution >= 4 is 34.7 Å². The van der Waals surface area contributed by atoms with Gasteiger partial charge in [-0.3, -0.25) is 9.59 Å². The molecular weight excluding hydrogens is 314 g/mol. The highest BCUT2D eigenvalue weighted by atomic mass is 32.2. The third-order valence-corrected chi connectivity index (χ3v) is 4.17.